The maximum Gasteiger partial charge on any atom is 1.00 e. The van der Waals surface area contributed by atoms with E-state index in [1.807, 2.05) is 0 Å². The van der Waals surface area contributed by atoms with Gasteiger partial charge in [0, 0.05) is 31.7 Å². The monoisotopic (exact) mass is 1530 g/mol. The van der Waals surface area contributed by atoms with Crippen molar-refractivity contribution in [3.05, 3.63) is 64.8 Å². The van der Waals surface area contributed by atoms with E-state index in [1.165, 1.54) is 144 Å². The zero-order valence-corrected chi connectivity index (χ0v) is 76.9. The third kappa shape index (κ3) is 15.4. The summed E-state index contributed by atoms with van der Waals surface area (Å²) in [7, 11) is 0. The average molecular weight is 1530 g/mol. The van der Waals surface area contributed by atoms with Crippen LogP contribution >= 0.6 is 0 Å². The molecule has 12 aliphatic carbocycles. The number of phenols is 2. The molecule has 0 bridgehead atoms. The summed E-state index contributed by atoms with van der Waals surface area (Å²) in [6.07, 6.45) is 43.3. The molecule has 1 aromatic carbocycles. The van der Waals surface area contributed by atoms with Crippen LogP contribution in [-0.4, -0.2) is 79.8 Å². The number of Topliss-reactive ketones (excluding diaryl/α,β-unsaturated/α-hetero) is 1. The van der Waals surface area contributed by atoms with E-state index < -0.39 is 16.8 Å². The summed E-state index contributed by atoms with van der Waals surface area (Å²) in [5, 5.41) is 65.3. The van der Waals surface area contributed by atoms with Gasteiger partial charge in [0.25, 0.3) is 0 Å². The van der Waals surface area contributed by atoms with E-state index >= 15 is 0 Å². The van der Waals surface area contributed by atoms with Crippen molar-refractivity contribution in [2.24, 2.45) is 136 Å². The van der Waals surface area contributed by atoms with Gasteiger partial charge in [0.05, 0.1) is 22.9 Å². The molecular formula is C99H161BNaO9. The summed E-state index contributed by atoms with van der Waals surface area (Å²) in [5.74, 6) is 6.52. The second-order valence-electron chi connectivity index (χ2n) is 45.4. The summed E-state index contributed by atoms with van der Waals surface area (Å²) in [6, 6.07) is 4.50. The van der Waals surface area contributed by atoms with E-state index in [4.69, 9.17) is 4.74 Å². The normalized spacial score (nSPS) is 43.7. The number of esters is 1. The van der Waals surface area contributed by atoms with E-state index in [2.05, 4.69) is 184 Å². The minimum atomic E-state index is -0.625. The molecule has 17 unspecified atom stereocenters. The number of carbonyl (C=O) groups excluding carboxylic acids is 2. The first-order valence-corrected chi connectivity index (χ1v) is 44.5. The minimum absolute atomic E-state index is 0. The molecular weight excluding hydrogens is 1370 g/mol. The number of aromatic hydroxyl groups is 2. The summed E-state index contributed by atoms with van der Waals surface area (Å²) in [5.41, 5.74) is 5.22. The van der Waals surface area contributed by atoms with E-state index in [-0.39, 0.29) is 107 Å². The molecule has 9 nitrogen and oxygen atoms in total. The van der Waals surface area contributed by atoms with Gasteiger partial charge in [0.2, 0.25) is 0 Å². The third-order valence-corrected chi connectivity index (χ3v) is 38.5. The SMILES string of the molecule is CC(C)=CCCC(C)(O)C1CC[C@]2(C)C1CCC1[C@@]3(C)CCC(=O)C(C)(C)C3CC[C@]12C.CC(C)=CCCC(C)(O)C1CC[C@]2(C)C1CCC1[C@@]3(C)CCC(O)C(C)(C)C3CC[C@]12C.CC(C)=CCCC(C)(O)C1CC[C@]2(C)C1CCC1[C@@]3(C)CCC(OC(=O)/C=C/c4ccc(O)c(O)c4)C(C)(C)C3CC[C@]12C.[B].[H-].[Na+]. The zero-order chi connectivity index (χ0) is 79.8. The number of hydrogen-bond acceptors (Lipinski definition) is 9. The van der Waals surface area contributed by atoms with E-state index in [9.17, 15) is 40.2 Å². The third-order valence-electron chi connectivity index (χ3n) is 38.5. The molecule has 11 heteroatoms. The van der Waals surface area contributed by atoms with Gasteiger partial charge in [-0.05, 0) is 397 Å². The second-order valence-corrected chi connectivity index (χ2v) is 45.4. The Morgan fingerprint density at radius 1 is 0.455 bits per heavy atom. The smallest absolute Gasteiger partial charge is 1.00 e. The fourth-order valence-electron chi connectivity index (χ4n) is 31.9. The first-order chi connectivity index (χ1) is 49.9. The maximum atomic E-state index is 13.0. The van der Waals surface area contributed by atoms with Gasteiger partial charge in [-0.2, -0.15) is 0 Å². The summed E-state index contributed by atoms with van der Waals surface area (Å²) >= 11 is 0. The van der Waals surface area contributed by atoms with Crippen molar-refractivity contribution in [1.82, 2.24) is 0 Å². The first kappa shape index (κ1) is 91.7. The molecule has 13 rings (SSSR count). The van der Waals surface area contributed by atoms with Crippen molar-refractivity contribution in [2.45, 2.75) is 388 Å². The quantitative estimate of drug-likeness (QED) is 0.0330. The molecule has 3 radical (unpaired) electrons. The summed E-state index contributed by atoms with van der Waals surface area (Å²) < 4.78 is 6.16. The number of hydrogen-bond donors (Lipinski definition) is 6. The van der Waals surface area contributed by atoms with Gasteiger partial charge in [0.1, 0.15) is 11.9 Å². The number of aliphatic hydroxyl groups excluding tert-OH is 1. The maximum absolute atomic E-state index is 13.0. The summed E-state index contributed by atoms with van der Waals surface area (Å²) in [6.45, 7) is 56.5. The van der Waals surface area contributed by atoms with Crippen LogP contribution in [0.2, 0.25) is 0 Å². The standard InChI is InChI=1S/C39H58O5.C30H52O2.C30H50O2.B.Na.H/c1-25(2)10-9-20-39(8,43)28-17-22-37(6)27(28)13-15-32-36(5)21-19-33(35(3,4)31(36)18-23-38(32,37)7)44-34(42)16-12-26-11-14-29(40)30(41)24-26;2*1-20(2)10-9-16-30(8,32)22-13-18-28(6)21(22)11-12-24-27(5)17-15-25(31)26(3,4)23(27)14-19-29(24,28)7;;;/h10-12,14,16,24,27-28,31-33,40-41,43H,9,13,15,17-23H2,1-8H3;10,21-25,31-32H,9,11-19H2,1-8H3;10,21-24,32H,9,11-19H2,1-8H3;;;/q;;;;+1;-1/b16-12+;;;;;/t27?,28?,31?,32?,33?,36-,37+,38+,39?;21?,22?,23?,24?,25?,27-,28+,29+,30?;21?,22?,23?,24?,27-,28+,29+,30?;;;/m000.../s1. The number of carbonyl (C=O) groups is 2. The van der Waals surface area contributed by atoms with Crippen LogP contribution in [0.5, 0.6) is 11.5 Å². The molecule has 0 aliphatic heterocycles. The van der Waals surface area contributed by atoms with Crippen molar-refractivity contribution < 1.29 is 75.9 Å². The molecule has 26 atom stereocenters. The number of allylic oxidation sites excluding steroid dienone is 6. The van der Waals surface area contributed by atoms with Gasteiger partial charge in [-0.25, -0.2) is 4.79 Å². The number of aliphatic hydroxyl groups is 4. The van der Waals surface area contributed by atoms with E-state index in [0.717, 1.165) is 89.4 Å². The minimum Gasteiger partial charge on any atom is -1.00 e. The van der Waals surface area contributed by atoms with Gasteiger partial charge in [-0.1, -0.05) is 145 Å². The predicted molar refractivity (Wildman–Crippen MR) is 451 cm³/mol. The van der Waals surface area contributed by atoms with Gasteiger partial charge < -0.3 is 36.8 Å². The Kier molecular flexibility index (Phi) is 26.8. The zero-order valence-electron chi connectivity index (χ0n) is 75.9. The van der Waals surface area contributed by atoms with Crippen molar-refractivity contribution in [3.8, 4) is 11.5 Å². The molecule has 0 aromatic heterocycles. The molecule has 110 heavy (non-hydrogen) atoms. The fourth-order valence-corrected chi connectivity index (χ4v) is 31.9. The Labute approximate surface area is 697 Å². The van der Waals surface area contributed by atoms with Crippen molar-refractivity contribution in [3.63, 3.8) is 0 Å². The number of ether oxygens (including phenoxy) is 1. The van der Waals surface area contributed by atoms with Crippen molar-refractivity contribution >= 4 is 26.2 Å². The number of phenolic OH excluding ortho intramolecular Hbond substituents is 2. The molecule has 0 saturated heterocycles. The predicted octanol–water partition coefficient (Wildman–Crippen LogP) is 21.2. The molecule has 12 fully saturated rings. The molecule has 12 saturated carbocycles. The Morgan fingerprint density at radius 3 is 1.19 bits per heavy atom. The molecule has 0 amide bonds. The molecule has 615 valence electrons. The van der Waals surface area contributed by atoms with Crippen LogP contribution in [-0.2, 0) is 14.3 Å². The van der Waals surface area contributed by atoms with Crippen molar-refractivity contribution in [2.75, 3.05) is 0 Å². The first-order valence-electron chi connectivity index (χ1n) is 44.5. The van der Waals surface area contributed by atoms with Crippen molar-refractivity contribution in [1.29, 1.82) is 0 Å². The number of fused-ring (bicyclic) bond motifs is 15. The number of rotatable bonds is 15. The van der Waals surface area contributed by atoms with Crippen LogP contribution in [0.1, 0.15) is 366 Å². The molecule has 0 heterocycles. The van der Waals surface area contributed by atoms with Crippen LogP contribution in [0.25, 0.3) is 6.08 Å². The van der Waals surface area contributed by atoms with Gasteiger partial charge in [-0.3, -0.25) is 4.79 Å². The topological polar surface area (TPSA) is 165 Å². The fraction of sp³-hybridized carbons (Fsp3) is 0.838. The Morgan fingerprint density at radius 2 is 0.809 bits per heavy atom. The van der Waals surface area contributed by atoms with E-state index in [1.54, 1.807) is 12.1 Å². The largest absolute Gasteiger partial charge is 1.00 e. The van der Waals surface area contributed by atoms with Gasteiger partial charge in [0.15, 0.2) is 11.5 Å². The Hall–Kier alpha value is -2.18. The number of benzene rings is 1. The van der Waals surface area contributed by atoms with Crippen LogP contribution in [0.3, 0.4) is 0 Å². The van der Waals surface area contributed by atoms with E-state index in [0.29, 0.717) is 104 Å². The molecule has 0 spiro atoms. The molecule has 12 aliphatic rings. The van der Waals surface area contributed by atoms with Crippen LogP contribution in [0.4, 0.5) is 0 Å². The van der Waals surface area contributed by atoms with Crippen LogP contribution in [0, 0.1) is 136 Å². The van der Waals surface area contributed by atoms with Crippen LogP contribution < -0.4 is 29.6 Å². The number of ketones is 1. The molecule has 1 aromatic rings. The molecule has 6 N–H and O–H groups in total. The Bertz CT molecular complexity index is 3570. The second kappa shape index (κ2) is 32.2. The van der Waals surface area contributed by atoms with Gasteiger partial charge in [-0.15, -0.1) is 0 Å². The van der Waals surface area contributed by atoms with Crippen LogP contribution in [0.15, 0.2) is 59.2 Å². The van der Waals surface area contributed by atoms with Gasteiger partial charge >= 0.3 is 35.5 Å². The average Bonchev–Trinajstić information content (AvgIpc) is 1.68. The Balaban J connectivity index is 0.000000210. The summed E-state index contributed by atoms with van der Waals surface area (Å²) in [4.78, 5) is 25.8.